The summed E-state index contributed by atoms with van der Waals surface area (Å²) in [6.45, 7) is 9.57. The largest absolute Gasteiger partial charge is 0.444 e. The Morgan fingerprint density at radius 3 is 1.53 bits per heavy atom. The number of rotatable bonds is 11. The summed E-state index contributed by atoms with van der Waals surface area (Å²) in [4.78, 5) is 62.9. The summed E-state index contributed by atoms with van der Waals surface area (Å²) in [5.74, 6) is 0.779. The summed E-state index contributed by atoms with van der Waals surface area (Å²) in [5.41, 5.74) is 12.0. The smallest absolute Gasteiger partial charge is 0.412 e. The first kappa shape index (κ1) is 57.3. The molecule has 9 N–H and O–H groups in total. The number of hydrogen-bond acceptors (Lipinski definition) is 11. The predicted octanol–water partition coefficient (Wildman–Crippen LogP) is 13.6. The number of para-hydroxylation sites is 2. The maximum absolute atomic E-state index is 13.1. The van der Waals surface area contributed by atoms with E-state index >= 15 is 0 Å². The van der Waals surface area contributed by atoms with Crippen molar-refractivity contribution in [3.63, 3.8) is 0 Å². The SMILES string of the molecule is C.CC(C)(C)OC(=O)Nc1ccc(C(=O)N[C@@]2(C)CCC[C@@H](Nc3ncc(Cl)c(-c4c[nH]c5ccccc45)n3)C2)cc1.C[C@]1(NC(=O)c2ccc(N)cc2)CCC[C@@H](Nc2ncc(Cl)c(-c3c[nH]c4ccccc34)n2)C1.Cl. The zero-order valence-corrected chi connectivity index (χ0v) is 45.4. The lowest BCUT2D eigenvalue weighted by Gasteiger charge is -2.39. The number of nitrogen functional groups attached to an aromatic ring is 1. The quantitative estimate of drug-likeness (QED) is 0.0568. The molecule has 16 nitrogen and oxygen atoms in total. The van der Waals surface area contributed by atoms with Crippen LogP contribution < -0.4 is 32.3 Å². The fraction of sp³-hybridized carbons (Fsp3) is 0.328. The molecule has 8 aromatic rings. The maximum atomic E-state index is 13.1. The molecule has 0 radical (unpaired) electrons. The van der Waals surface area contributed by atoms with Crippen molar-refractivity contribution in [3.05, 3.63) is 143 Å². The van der Waals surface area contributed by atoms with Crippen molar-refractivity contribution in [1.29, 1.82) is 0 Å². The molecule has 4 atom stereocenters. The van der Waals surface area contributed by atoms with Gasteiger partial charge in [-0.1, -0.05) is 67.0 Å². The van der Waals surface area contributed by atoms with Gasteiger partial charge < -0.3 is 41.7 Å². The van der Waals surface area contributed by atoms with Crippen molar-refractivity contribution in [2.24, 2.45) is 0 Å². The van der Waals surface area contributed by atoms with Crippen LogP contribution in [0.3, 0.4) is 0 Å². The molecule has 0 unspecified atom stereocenters. The van der Waals surface area contributed by atoms with Gasteiger partial charge in [-0.25, -0.2) is 24.7 Å². The van der Waals surface area contributed by atoms with E-state index in [1.807, 2.05) is 60.9 Å². The highest BCUT2D eigenvalue weighted by Crippen LogP contribution is 2.36. The van der Waals surface area contributed by atoms with Crippen molar-refractivity contribution >= 4 is 98.6 Å². The fourth-order valence-corrected chi connectivity index (χ4v) is 10.4. The van der Waals surface area contributed by atoms with Crippen molar-refractivity contribution < 1.29 is 19.1 Å². The van der Waals surface area contributed by atoms with Gasteiger partial charge in [-0.3, -0.25) is 14.9 Å². The molecular weight excluding hydrogens is 1040 g/mol. The predicted molar refractivity (Wildman–Crippen MR) is 313 cm³/mol. The molecule has 0 spiro atoms. The fourth-order valence-electron chi connectivity index (χ4n) is 10.1. The molecule has 0 bridgehead atoms. The van der Waals surface area contributed by atoms with E-state index in [4.69, 9.17) is 43.6 Å². The number of H-pyrrole nitrogens is 2. The number of amides is 3. The van der Waals surface area contributed by atoms with Gasteiger partial charge in [0.2, 0.25) is 11.9 Å². The average Bonchev–Trinajstić information content (AvgIpc) is 4.01. The van der Waals surface area contributed by atoms with Gasteiger partial charge in [-0.05, 0) is 147 Å². The van der Waals surface area contributed by atoms with Gasteiger partial charge in [-0.15, -0.1) is 12.4 Å². The number of carbonyl (C=O) groups is 3. The summed E-state index contributed by atoms with van der Waals surface area (Å²) >= 11 is 13.0. The molecule has 4 aromatic heterocycles. The third-order valence-corrected chi connectivity index (χ3v) is 14.1. The number of nitrogens with one attached hydrogen (secondary N) is 7. The molecule has 3 amide bonds. The van der Waals surface area contributed by atoms with Gasteiger partial charge in [0.25, 0.3) is 11.8 Å². The van der Waals surface area contributed by atoms with E-state index < -0.39 is 17.2 Å². The molecule has 19 heteroatoms. The zero-order chi connectivity index (χ0) is 52.9. The van der Waals surface area contributed by atoms with Crippen LogP contribution >= 0.6 is 35.6 Å². The van der Waals surface area contributed by atoms with Gasteiger partial charge in [0, 0.05) is 91.0 Å². The molecule has 2 aliphatic carbocycles. The second kappa shape index (κ2) is 24.3. The van der Waals surface area contributed by atoms with Crippen LogP contribution in [-0.2, 0) is 4.74 Å². The lowest BCUT2D eigenvalue weighted by molar-refractivity contribution is 0.0635. The number of ether oxygens (including phenoxy) is 1. The Balaban J connectivity index is 0.000000221. The second-order valence-corrected chi connectivity index (χ2v) is 21.8. The summed E-state index contributed by atoms with van der Waals surface area (Å²) in [6, 6.07) is 30.0. The number of nitrogens with zero attached hydrogens (tertiary/aromatic N) is 4. The van der Waals surface area contributed by atoms with Crippen LogP contribution in [0.4, 0.5) is 28.1 Å². The number of hydrogen-bond donors (Lipinski definition) is 8. The van der Waals surface area contributed by atoms with Crippen LogP contribution in [0.15, 0.2) is 122 Å². The molecule has 4 heterocycles. The highest BCUT2D eigenvalue weighted by molar-refractivity contribution is 6.33. The van der Waals surface area contributed by atoms with Gasteiger partial charge in [0.05, 0.1) is 33.8 Å². The third-order valence-electron chi connectivity index (χ3n) is 13.6. The summed E-state index contributed by atoms with van der Waals surface area (Å²) in [7, 11) is 0. The van der Waals surface area contributed by atoms with E-state index in [-0.39, 0.29) is 49.3 Å². The Bertz CT molecular complexity index is 3340. The third kappa shape index (κ3) is 14.4. The number of halogens is 3. The Kier molecular flexibility index (Phi) is 18.1. The highest BCUT2D eigenvalue weighted by atomic mass is 35.5. The molecule has 10 rings (SSSR count). The van der Waals surface area contributed by atoms with E-state index in [9.17, 15) is 14.4 Å². The first-order chi connectivity index (χ1) is 35.9. The number of anilines is 4. The van der Waals surface area contributed by atoms with Crippen LogP contribution in [0.25, 0.3) is 44.3 Å². The Morgan fingerprint density at radius 2 is 1.09 bits per heavy atom. The van der Waals surface area contributed by atoms with E-state index in [2.05, 4.69) is 60.4 Å². The minimum Gasteiger partial charge on any atom is -0.444 e. The van der Waals surface area contributed by atoms with Gasteiger partial charge >= 0.3 is 6.09 Å². The number of nitrogens with two attached hydrogens (primary N) is 1. The minimum atomic E-state index is -0.592. The maximum Gasteiger partial charge on any atom is 0.412 e. The highest BCUT2D eigenvalue weighted by Gasteiger charge is 2.36. The Labute approximate surface area is 465 Å². The molecular formula is C58H67Cl3N12O4. The van der Waals surface area contributed by atoms with Gasteiger partial charge in [0.15, 0.2) is 0 Å². The molecule has 0 saturated heterocycles. The van der Waals surface area contributed by atoms with Gasteiger partial charge in [-0.2, -0.15) is 0 Å². The molecule has 2 aliphatic rings. The molecule has 404 valence electrons. The lowest BCUT2D eigenvalue weighted by Crippen LogP contribution is -2.51. The number of fused-ring (bicyclic) bond motifs is 2. The first-order valence-electron chi connectivity index (χ1n) is 25.2. The first-order valence-corrected chi connectivity index (χ1v) is 26.0. The Morgan fingerprint density at radius 1 is 0.662 bits per heavy atom. The molecule has 2 saturated carbocycles. The molecule has 2 fully saturated rings. The standard InChI is InChI=1S/C31H35ClN6O3.C26H27ClN6O.CH4.ClH/c1-30(2,3)41-29(40)36-20-13-11-19(12-14-20)27(39)38-31(4)15-7-8-21(16-31)35-28-34-18-24(32)26(37-28)23-17-33-25-10-6-5-9-22(23)25;1-26(33-24(34)16-8-10-17(28)11-9-16)12-4-5-18(13-26)31-25-30-15-21(27)23(32-25)20-14-29-22-7-3-2-6-19(20)22;;/h5-6,9-14,17-18,21,33H,7-8,15-16H2,1-4H3,(H,36,40)(H,38,39)(H,34,35,37);2-3,6-11,14-15,18,29H,4-5,12-13,28H2,1H3,(H,33,34)(H,30,31,32);1H4;1H/t21-,31+;18-,26+;;/m11../s1. The summed E-state index contributed by atoms with van der Waals surface area (Å²) < 4.78 is 5.28. The minimum absolute atomic E-state index is 0. The van der Waals surface area contributed by atoms with E-state index in [0.29, 0.717) is 62.3 Å². The van der Waals surface area contributed by atoms with Crippen LogP contribution in [0.1, 0.15) is 114 Å². The Hall–Kier alpha value is -7.40. The van der Waals surface area contributed by atoms with Crippen molar-refractivity contribution in [1.82, 2.24) is 40.5 Å². The second-order valence-electron chi connectivity index (χ2n) is 21.0. The van der Waals surface area contributed by atoms with Crippen molar-refractivity contribution in [2.75, 3.05) is 21.7 Å². The number of benzene rings is 4. The molecule has 4 aromatic carbocycles. The molecule has 77 heavy (non-hydrogen) atoms. The summed E-state index contributed by atoms with van der Waals surface area (Å²) in [5, 5.41) is 19.2. The van der Waals surface area contributed by atoms with Crippen LogP contribution in [0.5, 0.6) is 0 Å². The zero-order valence-electron chi connectivity index (χ0n) is 43.0. The number of aromatic nitrogens is 6. The van der Waals surface area contributed by atoms with E-state index in [0.717, 1.165) is 77.9 Å². The van der Waals surface area contributed by atoms with E-state index in [1.165, 1.54) is 0 Å². The number of aromatic amines is 2. The van der Waals surface area contributed by atoms with Crippen LogP contribution in [-0.4, -0.2) is 76.6 Å². The van der Waals surface area contributed by atoms with Crippen molar-refractivity contribution in [2.45, 2.75) is 122 Å². The van der Waals surface area contributed by atoms with Crippen molar-refractivity contribution in [3.8, 4) is 22.5 Å². The molecule has 0 aliphatic heterocycles. The van der Waals surface area contributed by atoms with Gasteiger partial charge in [0.1, 0.15) is 5.60 Å². The summed E-state index contributed by atoms with van der Waals surface area (Å²) in [6.07, 6.45) is 13.6. The topological polar surface area (TPSA) is 230 Å². The van der Waals surface area contributed by atoms with Crippen LogP contribution in [0, 0.1) is 0 Å². The normalized spacial score (nSPS) is 19.1. The average molecular weight is 1100 g/mol. The van der Waals surface area contributed by atoms with Crippen LogP contribution in [0.2, 0.25) is 10.0 Å². The van der Waals surface area contributed by atoms with E-state index in [1.54, 1.807) is 81.7 Å². The number of carbonyl (C=O) groups excluding carboxylic acids is 3. The lowest BCUT2D eigenvalue weighted by atomic mass is 9.80. The monoisotopic (exact) mass is 1100 g/mol.